The van der Waals surface area contributed by atoms with Gasteiger partial charge in [-0.15, -0.1) is 0 Å². The van der Waals surface area contributed by atoms with Crippen molar-refractivity contribution in [2.45, 2.75) is 23.9 Å². The number of methoxy groups -OCH3 is 2. The molecule has 230 valence electrons. The Bertz CT molecular complexity index is 1680. The first kappa shape index (κ1) is 32.4. The van der Waals surface area contributed by atoms with E-state index in [1.54, 1.807) is 48.5 Å². The average Bonchev–Trinajstić information content (AvgIpc) is 3.05. The van der Waals surface area contributed by atoms with Gasteiger partial charge in [0.05, 0.1) is 24.8 Å². The zero-order valence-corrected chi connectivity index (χ0v) is 26.2. The molecule has 44 heavy (non-hydrogen) atoms. The van der Waals surface area contributed by atoms with Gasteiger partial charge >= 0.3 is 0 Å². The summed E-state index contributed by atoms with van der Waals surface area (Å²) in [6.07, 6.45) is 0.201. The van der Waals surface area contributed by atoms with E-state index in [4.69, 9.17) is 21.1 Å². The van der Waals surface area contributed by atoms with Crippen molar-refractivity contribution in [2.24, 2.45) is 0 Å². The summed E-state index contributed by atoms with van der Waals surface area (Å²) in [4.78, 5) is 29.1. The highest BCUT2D eigenvalue weighted by Gasteiger charge is 2.35. The summed E-state index contributed by atoms with van der Waals surface area (Å²) in [5.41, 5.74) is 1.67. The highest BCUT2D eigenvalue weighted by atomic mass is 35.5. The summed E-state index contributed by atoms with van der Waals surface area (Å²) >= 11 is 6.26. The maximum atomic E-state index is 14.4. The van der Waals surface area contributed by atoms with E-state index in [0.29, 0.717) is 16.3 Å². The van der Waals surface area contributed by atoms with E-state index in [1.807, 2.05) is 30.3 Å². The van der Waals surface area contributed by atoms with Crippen molar-refractivity contribution >= 4 is 39.1 Å². The number of nitrogens with one attached hydrogen (secondary N) is 1. The van der Waals surface area contributed by atoms with Crippen LogP contribution in [0.4, 0.5) is 5.69 Å². The van der Waals surface area contributed by atoms with Crippen LogP contribution in [0, 0.1) is 0 Å². The molecule has 4 aromatic carbocycles. The van der Waals surface area contributed by atoms with Crippen LogP contribution in [0.1, 0.15) is 11.1 Å². The second-order valence-electron chi connectivity index (χ2n) is 9.83. The van der Waals surface area contributed by atoms with Gasteiger partial charge in [-0.25, -0.2) is 8.42 Å². The zero-order chi connectivity index (χ0) is 31.7. The van der Waals surface area contributed by atoms with Gasteiger partial charge in [0.1, 0.15) is 24.1 Å². The average molecular weight is 636 g/mol. The minimum atomic E-state index is -4.30. The Balaban J connectivity index is 1.81. The number of halogens is 1. The summed E-state index contributed by atoms with van der Waals surface area (Å²) in [5.74, 6) is -0.264. The third-order valence-electron chi connectivity index (χ3n) is 7.04. The molecule has 0 aliphatic carbocycles. The van der Waals surface area contributed by atoms with Crippen LogP contribution >= 0.6 is 11.6 Å². The molecule has 1 atom stereocenters. The van der Waals surface area contributed by atoms with E-state index in [9.17, 15) is 18.0 Å². The SMILES string of the molecule is CNC(=O)[C@H](Cc1ccccc1)N(Cc1cccc(Cl)c1)C(=O)CN(c1ccccc1OC)S(=O)(=O)c1ccc(OC)cc1. The summed E-state index contributed by atoms with van der Waals surface area (Å²) in [6.45, 7) is -0.607. The molecule has 0 saturated heterocycles. The lowest BCUT2D eigenvalue weighted by Gasteiger charge is -2.34. The topological polar surface area (TPSA) is 105 Å². The number of likely N-dealkylation sites (N-methyl/N-ethyl adjacent to an activating group) is 1. The van der Waals surface area contributed by atoms with Crippen LogP contribution in [0.25, 0.3) is 0 Å². The van der Waals surface area contributed by atoms with Gasteiger partial charge in [0.15, 0.2) is 0 Å². The monoisotopic (exact) mass is 635 g/mol. The second-order valence-corrected chi connectivity index (χ2v) is 12.1. The van der Waals surface area contributed by atoms with Gasteiger partial charge in [-0.2, -0.15) is 0 Å². The Morgan fingerprint density at radius 2 is 1.50 bits per heavy atom. The number of anilines is 1. The Morgan fingerprint density at radius 3 is 2.14 bits per heavy atom. The molecule has 11 heteroatoms. The smallest absolute Gasteiger partial charge is 0.264 e. The van der Waals surface area contributed by atoms with E-state index in [0.717, 1.165) is 9.87 Å². The quantitative estimate of drug-likeness (QED) is 0.223. The molecule has 0 bridgehead atoms. The Hall–Kier alpha value is -4.54. The van der Waals surface area contributed by atoms with Crippen molar-refractivity contribution in [3.05, 3.63) is 119 Å². The van der Waals surface area contributed by atoms with Crippen LogP contribution in [0.5, 0.6) is 11.5 Å². The van der Waals surface area contributed by atoms with Crippen molar-refractivity contribution in [2.75, 3.05) is 32.1 Å². The van der Waals surface area contributed by atoms with E-state index in [-0.39, 0.29) is 29.3 Å². The number of carbonyl (C=O) groups is 2. The lowest BCUT2D eigenvalue weighted by Crippen LogP contribution is -2.53. The fourth-order valence-electron chi connectivity index (χ4n) is 4.78. The van der Waals surface area contributed by atoms with Crippen LogP contribution in [-0.4, -0.2) is 59.0 Å². The number of rotatable bonds is 13. The molecule has 9 nitrogen and oxygen atoms in total. The van der Waals surface area contributed by atoms with Gasteiger partial charge in [-0.3, -0.25) is 13.9 Å². The molecule has 0 unspecified atom stereocenters. The fourth-order valence-corrected chi connectivity index (χ4v) is 6.41. The summed E-state index contributed by atoms with van der Waals surface area (Å²) in [5, 5.41) is 3.13. The predicted molar refractivity (Wildman–Crippen MR) is 171 cm³/mol. The fraction of sp³-hybridized carbons (Fsp3) is 0.212. The molecule has 0 saturated carbocycles. The van der Waals surface area contributed by atoms with Crippen LogP contribution in [-0.2, 0) is 32.6 Å². The van der Waals surface area contributed by atoms with Crippen LogP contribution in [0.2, 0.25) is 5.02 Å². The normalized spacial score (nSPS) is 11.7. The molecule has 0 fully saturated rings. The number of nitrogens with zero attached hydrogens (tertiary/aromatic N) is 2. The number of benzene rings is 4. The van der Waals surface area contributed by atoms with E-state index in [2.05, 4.69) is 5.32 Å². The lowest BCUT2D eigenvalue weighted by molar-refractivity contribution is -0.139. The zero-order valence-electron chi connectivity index (χ0n) is 24.6. The van der Waals surface area contributed by atoms with Crippen LogP contribution in [0.15, 0.2) is 108 Å². The van der Waals surface area contributed by atoms with E-state index < -0.39 is 34.4 Å². The van der Waals surface area contributed by atoms with Gasteiger partial charge in [0, 0.05) is 25.0 Å². The van der Waals surface area contributed by atoms with Crippen LogP contribution in [0.3, 0.4) is 0 Å². The van der Waals surface area contributed by atoms with Crippen LogP contribution < -0.4 is 19.1 Å². The lowest BCUT2D eigenvalue weighted by atomic mass is 10.0. The molecule has 2 amide bonds. The Labute approximate surface area is 263 Å². The maximum absolute atomic E-state index is 14.4. The second kappa shape index (κ2) is 14.8. The number of para-hydroxylation sites is 2. The number of amides is 2. The van der Waals surface area contributed by atoms with Gasteiger partial charge in [-0.1, -0.05) is 66.2 Å². The number of hydrogen-bond donors (Lipinski definition) is 1. The number of sulfonamides is 1. The van der Waals surface area contributed by atoms with E-state index >= 15 is 0 Å². The minimum absolute atomic E-state index is 0.00661. The maximum Gasteiger partial charge on any atom is 0.264 e. The number of carbonyl (C=O) groups excluding carboxylic acids is 2. The summed E-state index contributed by atoms with van der Waals surface area (Å²) in [6, 6.07) is 27.7. The standard InChI is InChI=1S/C33H34ClN3O6S/c1-35-33(39)30(21-24-10-5-4-6-11-24)36(22-25-12-9-13-26(34)20-25)32(38)23-37(29-14-7-8-15-31(29)43-3)44(40,41)28-18-16-27(42-2)17-19-28/h4-20,30H,21-23H2,1-3H3,(H,35,39)/t30-/m0/s1. The molecule has 0 aliphatic heterocycles. The van der Waals surface area contributed by atoms with Gasteiger partial charge < -0.3 is 19.7 Å². The number of hydrogen-bond acceptors (Lipinski definition) is 6. The minimum Gasteiger partial charge on any atom is -0.497 e. The number of ether oxygens (including phenoxy) is 2. The predicted octanol–water partition coefficient (Wildman–Crippen LogP) is 4.94. The molecular formula is C33H34ClN3O6S. The Morgan fingerprint density at radius 1 is 0.841 bits per heavy atom. The van der Waals surface area contributed by atoms with Crippen molar-refractivity contribution < 1.29 is 27.5 Å². The third kappa shape index (κ3) is 7.69. The molecule has 0 aromatic heterocycles. The third-order valence-corrected chi connectivity index (χ3v) is 9.05. The first-order valence-corrected chi connectivity index (χ1v) is 15.6. The molecule has 1 N–H and O–H groups in total. The summed E-state index contributed by atoms with van der Waals surface area (Å²) < 4.78 is 40.0. The summed E-state index contributed by atoms with van der Waals surface area (Å²) in [7, 11) is 0.101. The molecule has 0 spiro atoms. The highest BCUT2D eigenvalue weighted by molar-refractivity contribution is 7.92. The van der Waals surface area contributed by atoms with Crippen molar-refractivity contribution in [3.8, 4) is 11.5 Å². The Kier molecular flexibility index (Phi) is 10.9. The first-order chi connectivity index (χ1) is 21.2. The van der Waals surface area contributed by atoms with Gasteiger partial charge in [0.25, 0.3) is 10.0 Å². The molecule has 4 rings (SSSR count). The van der Waals surface area contributed by atoms with Crippen molar-refractivity contribution in [3.63, 3.8) is 0 Å². The molecular weight excluding hydrogens is 602 g/mol. The highest BCUT2D eigenvalue weighted by Crippen LogP contribution is 2.33. The van der Waals surface area contributed by atoms with Crippen molar-refractivity contribution in [1.29, 1.82) is 0 Å². The molecule has 0 heterocycles. The van der Waals surface area contributed by atoms with E-state index in [1.165, 1.54) is 50.4 Å². The largest absolute Gasteiger partial charge is 0.497 e. The van der Waals surface area contributed by atoms with Gasteiger partial charge in [-0.05, 0) is 59.7 Å². The molecule has 0 radical (unpaired) electrons. The van der Waals surface area contributed by atoms with Gasteiger partial charge in [0.2, 0.25) is 11.8 Å². The molecule has 0 aliphatic rings. The molecule has 4 aromatic rings. The van der Waals surface area contributed by atoms with Crippen molar-refractivity contribution in [1.82, 2.24) is 10.2 Å². The first-order valence-electron chi connectivity index (χ1n) is 13.8.